The van der Waals surface area contributed by atoms with Crippen molar-refractivity contribution in [2.24, 2.45) is 11.7 Å². The van der Waals surface area contributed by atoms with Crippen LogP contribution in [0.25, 0.3) is 0 Å². The summed E-state index contributed by atoms with van der Waals surface area (Å²) in [5.41, 5.74) is 5.38. The van der Waals surface area contributed by atoms with Gasteiger partial charge in [0.1, 0.15) is 0 Å². The van der Waals surface area contributed by atoms with E-state index in [9.17, 15) is 13.2 Å². The van der Waals surface area contributed by atoms with Gasteiger partial charge in [-0.2, -0.15) is 0 Å². The van der Waals surface area contributed by atoms with Gasteiger partial charge in [0, 0.05) is 6.42 Å². The zero-order valence-electron chi connectivity index (χ0n) is 9.49. The number of hydrogen-bond donors (Lipinski definition) is 2. The summed E-state index contributed by atoms with van der Waals surface area (Å²) in [6, 6.07) is 0. The van der Waals surface area contributed by atoms with E-state index in [1.165, 1.54) is 13.8 Å². The first-order chi connectivity index (χ1) is 6.79. The van der Waals surface area contributed by atoms with Gasteiger partial charge in [-0.3, -0.25) is 9.52 Å². The van der Waals surface area contributed by atoms with Crippen molar-refractivity contribution in [3.63, 3.8) is 0 Å². The van der Waals surface area contributed by atoms with E-state index in [2.05, 4.69) is 0 Å². The summed E-state index contributed by atoms with van der Waals surface area (Å²) < 4.78 is 24.6. The maximum atomic E-state index is 11.3. The Hall–Kier alpha value is -0.620. The molecule has 0 aliphatic carbocycles. The normalized spacial score (nSPS) is 13.9. The van der Waals surface area contributed by atoms with Crippen molar-refractivity contribution in [2.45, 2.75) is 38.9 Å². The van der Waals surface area contributed by atoms with Crippen molar-refractivity contribution in [1.82, 2.24) is 4.72 Å². The highest BCUT2D eigenvalue weighted by Crippen LogP contribution is 2.04. The highest BCUT2D eigenvalue weighted by molar-refractivity contribution is 7.90. The Labute approximate surface area is 91.5 Å². The van der Waals surface area contributed by atoms with Crippen LogP contribution in [-0.4, -0.2) is 26.1 Å². The largest absolute Gasteiger partial charge is 0.330 e. The molecule has 0 saturated carbocycles. The van der Waals surface area contributed by atoms with E-state index in [4.69, 9.17) is 5.73 Å². The Morgan fingerprint density at radius 2 is 1.87 bits per heavy atom. The van der Waals surface area contributed by atoms with Gasteiger partial charge >= 0.3 is 0 Å². The summed E-state index contributed by atoms with van der Waals surface area (Å²) in [6.45, 7) is 5.48. The van der Waals surface area contributed by atoms with E-state index in [1.54, 1.807) is 0 Å². The van der Waals surface area contributed by atoms with Crippen LogP contribution in [0.4, 0.5) is 0 Å². The maximum absolute atomic E-state index is 11.3. The average molecular weight is 236 g/mol. The number of nitrogens with two attached hydrogens (primary N) is 1. The Morgan fingerprint density at radius 1 is 1.33 bits per heavy atom. The molecule has 0 heterocycles. The van der Waals surface area contributed by atoms with Crippen LogP contribution in [0, 0.1) is 5.92 Å². The third-order valence-corrected chi connectivity index (χ3v) is 3.90. The third kappa shape index (κ3) is 5.74. The molecule has 0 aromatic rings. The van der Waals surface area contributed by atoms with Crippen LogP contribution in [0.5, 0.6) is 0 Å². The summed E-state index contributed by atoms with van der Waals surface area (Å²) in [7, 11) is -3.48. The fourth-order valence-corrected chi connectivity index (χ4v) is 1.48. The molecule has 0 aromatic heterocycles. The van der Waals surface area contributed by atoms with Crippen molar-refractivity contribution in [3.05, 3.63) is 0 Å². The number of amides is 1. The van der Waals surface area contributed by atoms with Crippen molar-refractivity contribution in [2.75, 3.05) is 6.54 Å². The Kier molecular flexibility index (Phi) is 5.82. The Balaban J connectivity index is 4.06. The molecule has 15 heavy (non-hydrogen) atoms. The second kappa shape index (κ2) is 6.07. The van der Waals surface area contributed by atoms with Crippen LogP contribution >= 0.6 is 0 Å². The minimum absolute atomic E-state index is 0.199. The number of hydrogen-bond acceptors (Lipinski definition) is 4. The monoisotopic (exact) mass is 236 g/mol. The standard InChI is InChI=1S/C9H20N2O3S/c1-7(2)15(13,14)11-9(12)5-4-8(3)6-10/h7-8H,4-6,10H2,1-3H3,(H,11,12). The molecule has 1 atom stereocenters. The van der Waals surface area contributed by atoms with Gasteiger partial charge in [-0.05, 0) is 32.7 Å². The third-order valence-electron chi connectivity index (χ3n) is 2.14. The van der Waals surface area contributed by atoms with Gasteiger partial charge in [-0.1, -0.05) is 6.92 Å². The molecule has 0 aromatic carbocycles. The number of carbonyl (C=O) groups excluding carboxylic acids is 1. The minimum atomic E-state index is -3.48. The molecule has 3 N–H and O–H groups in total. The summed E-state index contributed by atoms with van der Waals surface area (Å²) in [6.07, 6.45) is 0.806. The molecule has 1 unspecified atom stereocenters. The minimum Gasteiger partial charge on any atom is -0.330 e. The van der Waals surface area contributed by atoms with Gasteiger partial charge in [-0.25, -0.2) is 8.42 Å². The predicted octanol–water partition coefficient (Wildman–Crippen LogP) is 0.216. The lowest BCUT2D eigenvalue weighted by molar-refractivity contribution is -0.119. The topological polar surface area (TPSA) is 89.3 Å². The average Bonchev–Trinajstić information content (AvgIpc) is 2.13. The second-order valence-corrected chi connectivity index (χ2v) is 6.24. The molecule has 6 heteroatoms. The summed E-state index contributed by atoms with van der Waals surface area (Å²) >= 11 is 0. The van der Waals surface area contributed by atoms with Crippen molar-refractivity contribution >= 4 is 15.9 Å². The molecule has 0 rings (SSSR count). The van der Waals surface area contributed by atoms with E-state index >= 15 is 0 Å². The first kappa shape index (κ1) is 14.4. The molecule has 0 aliphatic rings. The number of sulfonamides is 1. The molecule has 1 amide bonds. The quantitative estimate of drug-likeness (QED) is 0.690. The SMILES string of the molecule is CC(CN)CCC(=O)NS(=O)(=O)C(C)C. The molecule has 0 spiro atoms. The molecular formula is C9H20N2O3S. The first-order valence-corrected chi connectivity index (χ1v) is 6.58. The van der Waals surface area contributed by atoms with Crippen molar-refractivity contribution in [3.8, 4) is 0 Å². The zero-order chi connectivity index (χ0) is 12.1. The van der Waals surface area contributed by atoms with Gasteiger partial charge in [-0.15, -0.1) is 0 Å². The molecule has 0 bridgehead atoms. The van der Waals surface area contributed by atoms with Gasteiger partial charge in [0.25, 0.3) is 0 Å². The number of nitrogens with one attached hydrogen (secondary N) is 1. The lowest BCUT2D eigenvalue weighted by Gasteiger charge is -2.11. The van der Waals surface area contributed by atoms with Crippen LogP contribution < -0.4 is 10.5 Å². The molecular weight excluding hydrogens is 216 g/mol. The molecule has 0 radical (unpaired) electrons. The van der Waals surface area contributed by atoms with Gasteiger partial charge in [0.05, 0.1) is 5.25 Å². The van der Waals surface area contributed by atoms with E-state index in [0.29, 0.717) is 13.0 Å². The highest BCUT2D eigenvalue weighted by Gasteiger charge is 2.18. The van der Waals surface area contributed by atoms with Crippen LogP contribution in [0.2, 0.25) is 0 Å². The van der Waals surface area contributed by atoms with Crippen LogP contribution in [0.15, 0.2) is 0 Å². The first-order valence-electron chi connectivity index (χ1n) is 5.04. The molecule has 0 fully saturated rings. The summed E-state index contributed by atoms with van der Waals surface area (Å²) in [5, 5.41) is -0.589. The van der Waals surface area contributed by atoms with E-state index in [0.717, 1.165) is 0 Å². The predicted molar refractivity (Wildman–Crippen MR) is 59.7 cm³/mol. The second-order valence-electron chi connectivity index (χ2n) is 4.00. The van der Waals surface area contributed by atoms with Crippen LogP contribution in [0.1, 0.15) is 33.6 Å². The smallest absolute Gasteiger partial charge is 0.237 e. The zero-order valence-corrected chi connectivity index (χ0v) is 10.3. The van der Waals surface area contributed by atoms with E-state index in [-0.39, 0.29) is 12.3 Å². The molecule has 90 valence electrons. The maximum Gasteiger partial charge on any atom is 0.237 e. The van der Waals surface area contributed by atoms with Crippen LogP contribution in [0.3, 0.4) is 0 Å². The van der Waals surface area contributed by atoms with Crippen molar-refractivity contribution < 1.29 is 13.2 Å². The van der Waals surface area contributed by atoms with Crippen LogP contribution in [-0.2, 0) is 14.8 Å². The van der Waals surface area contributed by atoms with Crippen molar-refractivity contribution in [1.29, 1.82) is 0 Å². The molecule has 5 nitrogen and oxygen atoms in total. The molecule has 0 saturated heterocycles. The fourth-order valence-electron chi connectivity index (χ4n) is 0.823. The lowest BCUT2D eigenvalue weighted by Crippen LogP contribution is -2.35. The number of rotatable bonds is 6. The van der Waals surface area contributed by atoms with E-state index < -0.39 is 21.2 Å². The summed E-state index contributed by atoms with van der Waals surface area (Å²) in [5.74, 6) is -0.221. The Bertz CT molecular complexity index is 298. The Morgan fingerprint density at radius 3 is 2.27 bits per heavy atom. The van der Waals surface area contributed by atoms with Gasteiger partial charge in [0.2, 0.25) is 15.9 Å². The number of carbonyl (C=O) groups is 1. The summed E-state index contributed by atoms with van der Waals surface area (Å²) in [4.78, 5) is 11.3. The fraction of sp³-hybridized carbons (Fsp3) is 0.889. The molecule has 0 aliphatic heterocycles. The van der Waals surface area contributed by atoms with E-state index in [1.807, 2.05) is 11.6 Å². The van der Waals surface area contributed by atoms with Gasteiger partial charge < -0.3 is 5.73 Å². The highest BCUT2D eigenvalue weighted by atomic mass is 32.2. The van der Waals surface area contributed by atoms with Gasteiger partial charge in [0.15, 0.2) is 0 Å². The lowest BCUT2D eigenvalue weighted by atomic mass is 10.1.